The number of benzene rings is 1. The number of carbonyl (C=O) groups excluding carboxylic acids is 2. The Balaban J connectivity index is 1.47. The quantitative estimate of drug-likeness (QED) is 0.428. The molecule has 1 atom stereocenters. The highest BCUT2D eigenvalue weighted by molar-refractivity contribution is 6.32. The average Bonchev–Trinajstić information content (AvgIpc) is 3.45. The molecule has 2 N–H and O–H groups in total. The van der Waals surface area contributed by atoms with Gasteiger partial charge in [-0.15, -0.1) is 0 Å². The van der Waals surface area contributed by atoms with Crippen molar-refractivity contribution in [1.82, 2.24) is 35.1 Å². The highest BCUT2D eigenvalue weighted by Gasteiger charge is 2.32. The van der Waals surface area contributed by atoms with E-state index >= 15 is 0 Å². The monoisotopic (exact) mass is 540 g/mol. The molecule has 0 saturated carbocycles. The second kappa shape index (κ2) is 12.6. The summed E-state index contributed by atoms with van der Waals surface area (Å²) in [6.45, 7) is 6.32. The number of methoxy groups -OCH3 is 1. The van der Waals surface area contributed by atoms with Gasteiger partial charge in [-0.05, 0) is 31.0 Å². The molecule has 0 bridgehead atoms. The molecule has 1 aliphatic heterocycles. The Morgan fingerprint density at radius 3 is 2.74 bits per heavy atom. The Bertz CT molecular complexity index is 1250. The van der Waals surface area contributed by atoms with Crippen LogP contribution in [0.1, 0.15) is 31.0 Å². The topological polar surface area (TPSA) is 118 Å². The van der Waals surface area contributed by atoms with Crippen LogP contribution in [0.4, 0.5) is 10.6 Å². The van der Waals surface area contributed by atoms with E-state index in [2.05, 4.69) is 25.5 Å². The second-order valence-electron chi connectivity index (χ2n) is 9.11. The number of carbonyl (C=O) groups is 2. The number of imidazole rings is 1. The number of piperazine rings is 1. The summed E-state index contributed by atoms with van der Waals surface area (Å²) in [4.78, 5) is 43.1. The number of aryl methyl sites for hydroxylation is 1. The standard InChI is InChI=1S/C26H33ClN8O3/c1-4-7-29-26(37)35-11-10-33(23-12-18(2)31-25(32-23)34-9-8-28-17-34)16-20(35)14-24(36)30-15-19-5-6-22(38-3)21(27)13-19/h5-6,8-9,12-13,17,20H,4,7,10-11,14-16H2,1-3H3,(H,29,37)(H,30,36). The first-order chi connectivity index (χ1) is 18.4. The lowest BCUT2D eigenvalue weighted by atomic mass is 10.1. The van der Waals surface area contributed by atoms with Crippen LogP contribution in [0.25, 0.3) is 5.95 Å². The predicted molar refractivity (Wildman–Crippen MR) is 145 cm³/mol. The van der Waals surface area contributed by atoms with Crippen molar-refractivity contribution in [3.05, 3.63) is 59.3 Å². The Kier molecular flexibility index (Phi) is 9.01. The molecule has 0 radical (unpaired) electrons. The molecule has 38 heavy (non-hydrogen) atoms. The summed E-state index contributed by atoms with van der Waals surface area (Å²) >= 11 is 6.22. The number of rotatable bonds is 9. The molecule has 3 aromatic rings. The zero-order valence-electron chi connectivity index (χ0n) is 21.9. The third kappa shape index (κ3) is 6.71. The first-order valence-electron chi connectivity index (χ1n) is 12.6. The van der Waals surface area contributed by atoms with Gasteiger partial charge in [0.2, 0.25) is 11.9 Å². The van der Waals surface area contributed by atoms with Crippen LogP contribution >= 0.6 is 11.6 Å². The highest BCUT2D eigenvalue weighted by atomic mass is 35.5. The third-order valence-corrected chi connectivity index (χ3v) is 6.58. The summed E-state index contributed by atoms with van der Waals surface area (Å²) in [5, 5.41) is 6.38. The molecular formula is C26H33ClN8O3. The van der Waals surface area contributed by atoms with Crippen molar-refractivity contribution in [2.45, 2.75) is 39.3 Å². The zero-order chi connectivity index (χ0) is 27.1. The molecule has 0 spiro atoms. The highest BCUT2D eigenvalue weighted by Crippen LogP contribution is 2.25. The first-order valence-corrected chi connectivity index (χ1v) is 13.0. The van der Waals surface area contributed by atoms with Crippen LogP contribution in [-0.2, 0) is 11.3 Å². The fourth-order valence-corrected chi connectivity index (χ4v) is 4.62. The summed E-state index contributed by atoms with van der Waals surface area (Å²) in [5.41, 5.74) is 1.67. The van der Waals surface area contributed by atoms with E-state index in [0.29, 0.717) is 49.4 Å². The van der Waals surface area contributed by atoms with E-state index in [0.717, 1.165) is 23.5 Å². The van der Waals surface area contributed by atoms with E-state index in [-0.39, 0.29) is 24.4 Å². The number of amides is 3. The van der Waals surface area contributed by atoms with Gasteiger partial charge in [-0.2, -0.15) is 4.98 Å². The molecule has 3 amide bonds. The number of urea groups is 1. The van der Waals surface area contributed by atoms with E-state index in [9.17, 15) is 9.59 Å². The molecule has 1 unspecified atom stereocenters. The molecule has 202 valence electrons. The van der Waals surface area contributed by atoms with Gasteiger partial charge >= 0.3 is 6.03 Å². The van der Waals surface area contributed by atoms with E-state index in [1.165, 1.54) is 0 Å². The Morgan fingerprint density at radius 2 is 2.03 bits per heavy atom. The molecule has 4 rings (SSSR count). The Labute approximate surface area is 227 Å². The van der Waals surface area contributed by atoms with Crippen LogP contribution in [0.2, 0.25) is 5.02 Å². The van der Waals surface area contributed by atoms with Crippen molar-refractivity contribution in [3.63, 3.8) is 0 Å². The van der Waals surface area contributed by atoms with Crippen molar-refractivity contribution in [3.8, 4) is 11.7 Å². The first kappa shape index (κ1) is 27.2. The molecule has 1 fully saturated rings. The van der Waals surface area contributed by atoms with E-state index in [1.807, 2.05) is 26.0 Å². The van der Waals surface area contributed by atoms with Crippen LogP contribution in [0, 0.1) is 6.92 Å². The molecule has 2 aromatic heterocycles. The van der Waals surface area contributed by atoms with E-state index in [1.54, 1.807) is 47.4 Å². The predicted octanol–water partition coefficient (Wildman–Crippen LogP) is 2.95. The number of hydrogen-bond acceptors (Lipinski definition) is 7. The van der Waals surface area contributed by atoms with Gasteiger partial charge in [0.05, 0.1) is 18.2 Å². The number of halogens is 1. The molecular weight excluding hydrogens is 508 g/mol. The molecule has 1 aromatic carbocycles. The maximum atomic E-state index is 13.0. The maximum Gasteiger partial charge on any atom is 0.317 e. The molecule has 0 aliphatic carbocycles. The maximum absolute atomic E-state index is 13.0. The van der Waals surface area contributed by atoms with Crippen LogP contribution in [0.3, 0.4) is 0 Å². The van der Waals surface area contributed by atoms with Gasteiger partial charge < -0.3 is 25.2 Å². The van der Waals surface area contributed by atoms with Crippen molar-refractivity contribution >= 4 is 29.4 Å². The number of anilines is 1. The molecule has 3 heterocycles. The number of hydrogen-bond donors (Lipinski definition) is 2. The van der Waals surface area contributed by atoms with Gasteiger partial charge in [0, 0.05) is 63.3 Å². The minimum atomic E-state index is -0.341. The zero-order valence-corrected chi connectivity index (χ0v) is 22.6. The molecule has 1 aliphatic rings. The lowest BCUT2D eigenvalue weighted by molar-refractivity contribution is -0.122. The van der Waals surface area contributed by atoms with Crippen molar-refractivity contribution in [2.24, 2.45) is 0 Å². The number of ether oxygens (including phenoxy) is 1. The van der Waals surface area contributed by atoms with Gasteiger partial charge in [-0.1, -0.05) is 24.6 Å². The van der Waals surface area contributed by atoms with Gasteiger partial charge in [0.25, 0.3) is 0 Å². The Morgan fingerprint density at radius 1 is 1.18 bits per heavy atom. The van der Waals surface area contributed by atoms with E-state index < -0.39 is 0 Å². The second-order valence-corrected chi connectivity index (χ2v) is 9.52. The number of aromatic nitrogens is 4. The summed E-state index contributed by atoms with van der Waals surface area (Å²) in [5.74, 6) is 1.69. The Hall–Kier alpha value is -3.86. The normalized spacial score (nSPS) is 15.3. The molecule has 11 nitrogen and oxygen atoms in total. The van der Waals surface area contributed by atoms with Crippen molar-refractivity contribution in [1.29, 1.82) is 0 Å². The van der Waals surface area contributed by atoms with Crippen molar-refractivity contribution in [2.75, 3.05) is 38.2 Å². The smallest absolute Gasteiger partial charge is 0.317 e. The summed E-state index contributed by atoms with van der Waals surface area (Å²) < 4.78 is 6.94. The van der Waals surface area contributed by atoms with Gasteiger partial charge in [-0.3, -0.25) is 9.36 Å². The number of nitrogens with zero attached hydrogens (tertiary/aromatic N) is 6. The largest absolute Gasteiger partial charge is 0.495 e. The molecule has 1 saturated heterocycles. The average molecular weight is 541 g/mol. The lowest BCUT2D eigenvalue weighted by Crippen LogP contribution is -2.59. The van der Waals surface area contributed by atoms with Gasteiger partial charge in [-0.25, -0.2) is 14.8 Å². The SMILES string of the molecule is CCCNC(=O)N1CCN(c2cc(C)nc(-n3ccnc3)n2)CC1CC(=O)NCc1ccc(OC)c(Cl)c1. The number of nitrogens with one attached hydrogen (secondary N) is 2. The lowest BCUT2D eigenvalue weighted by Gasteiger charge is -2.41. The van der Waals surface area contributed by atoms with Crippen LogP contribution in [0.15, 0.2) is 43.0 Å². The van der Waals surface area contributed by atoms with Crippen LogP contribution in [0.5, 0.6) is 5.75 Å². The third-order valence-electron chi connectivity index (χ3n) is 6.28. The van der Waals surface area contributed by atoms with Gasteiger partial charge in [0.1, 0.15) is 17.9 Å². The van der Waals surface area contributed by atoms with Crippen molar-refractivity contribution < 1.29 is 14.3 Å². The molecule has 12 heteroatoms. The van der Waals surface area contributed by atoms with E-state index in [4.69, 9.17) is 21.3 Å². The minimum Gasteiger partial charge on any atom is -0.495 e. The fourth-order valence-electron chi connectivity index (χ4n) is 4.34. The van der Waals surface area contributed by atoms with Crippen LogP contribution < -0.4 is 20.3 Å². The fraction of sp³-hybridized carbons (Fsp3) is 0.423. The van der Waals surface area contributed by atoms with Crippen LogP contribution in [-0.4, -0.2) is 75.7 Å². The summed E-state index contributed by atoms with van der Waals surface area (Å²) in [6.07, 6.45) is 6.10. The minimum absolute atomic E-state index is 0.151. The summed E-state index contributed by atoms with van der Waals surface area (Å²) in [6, 6.07) is 6.80. The summed E-state index contributed by atoms with van der Waals surface area (Å²) in [7, 11) is 1.56. The van der Waals surface area contributed by atoms with Gasteiger partial charge in [0.15, 0.2) is 0 Å².